The van der Waals surface area contributed by atoms with Gasteiger partial charge in [0, 0.05) is 5.56 Å². The van der Waals surface area contributed by atoms with Crippen molar-refractivity contribution < 1.29 is 4.74 Å². The Morgan fingerprint density at radius 1 is 1.17 bits per heavy atom. The Labute approximate surface area is 87.8 Å². The Bertz CT molecular complexity index is 273. The average Bonchev–Trinajstić information content (AvgIpc) is 2.05. The minimum Gasteiger partial charge on any atom is -0.0149 e. The van der Waals surface area contributed by atoms with E-state index in [0.29, 0.717) is 6.61 Å². The van der Waals surface area contributed by atoms with Gasteiger partial charge in [0.2, 0.25) is 0 Å². The third kappa shape index (κ3) is 2.25. The molecule has 0 bridgehead atoms. The first-order valence-electron chi connectivity index (χ1n) is 3.35. The Balaban J connectivity index is 0.000000605. The van der Waals surface area contributed by atoms with Gasteiger partial charge in [0.05, 0.1) is 0 Å². The largest absolute Gasteiger partial charge is 0.0149 e. The topological polar surface area (TPSA) is 9.23 Å². The smallest absolute Gasteiger partial charge is 0.0149 e. The van der Waals surface area contributed by atoms with Gasteiger partial charge in [-0.15, -0.1) is 0 Å². The maximum Gasteiger partial charge on any atom is -0.0149 e. The fourth-order valence-corrected chi connectivity index (χ4v) is 1.06. The zero-order valence-electron chi connectivity index (χ0n) is 5.58. The summed E-state index contributed by atoms with van der Waals surface area (Å²) in [7, 11) is 0. The normalized spacial score (nSPS) is 11.7. The molecule has 0 saturated heterocycles. The van der Waals surface area contributed by atoms with E-state index in [0.717, 1.165) is 5.75 Å². The molecular formula is C9H16GeOSi. The van der Waals surface area contributed by atoms with Crippen LogP contribution in [-0.2, 0) is 0 Å². The first-order chi connectivity index (χ1) is 4.97. The van der Waals surface area contributed by atoms with Crippen LogP contribution in [0.25, 0.3) is 6.08 Å². The second kappa shape index (κ2) is 5.22. The molecule has 0 spiro atoms. The number of fused-ring (bicyclic) bond motifs is 1. The Hall–Kier alpha value is -0.480. The Morgan fingerprint density at radius 3 is 2.67 bits per heavy atom. The summed E-state index contributed by atoms with van der Waals surface area (Å²) in [6, 6.07) is 8.03. The fourth-order valence-electron chi connectivity index (χ4n) is 1.06. The van der Waals surface area contributed by atoms with Crippen LogP contribution in [0.15, 0.2) is 30.3 Å². The van der Waals surface area contributed by atoms with Gasteiger partial charge in [-0.05, 0) is 23.1 Å². The summed E-state index contributed by atoms with van der Waals surface area (Å²) in [4.78, 5) is 0. The maximum absolute atomic E-state index is 5.34. The zero-order chi connectivity index (χ0) is 6.81. The van der Waals surface area contributed by atoms with Crippen LogP contribution >= 0.6 is 0 Å². The number of benzene rings is 1. The molecule has 1 nitrogen and oxygen atoms in total. The molecule has 0 saturated carbocycles. The third-order valence-corrected chi connectivity index (χ3v) is 1.55. The van der Waals surface area contributed by atoms with Crippen molar-refractivity contribution in [1.82, 2.24) is 0 Å². The molecule has 1 aliphatic rings. The van der Waals surface area contributed by atoms with Gasteiger partial charge in [0.25, 0.3) is 0 Å². The summed E-state index contributed by atoms with van der Waals surface area (Å²) in [5.74, 6) is 0.991. The van der Waals surface area contributed by atoms with Crippen molar-refractivity contribution >= 4 is 34.6 Å². The van der Waals surface area contributed by atoms with E-state index >= 15 is 0 Å². The molecule has 1 aromatic rings. The van der Waals surface area contributed by atoms with Crippen molar-refractivity contribution in [2.45, 2.75) is 0 Å². The molecule has 0 aromatic heterocycles. The van der Waals surface area contributed by atoms with Crippen molar-refractivity contribution in [3.05, 3.63) is 35.9 Å². The summed E-state index contributed by atoms with van der Waals surface area (Å²) < 4.78 is 5.34. The molecule has 0 fully saturated rings. The van der Waals surface area contributed by atoms with Gasteiger partial charge >= 0.3 is 17.6 Å². The molecule has 1 heterocycles. The van der Waals surface area contributed by atoms with Crippen LogP contribution in [0, 0.1) is 0 Å². The van der Waals surface area contributed by atoms with Crippen molar-refractivity contribution in [2.24, 2.45) is 0 Å². The van der Waals surface area contributed by atoms with Crippen LogP contribution in [0.2, 0.25) is 0 Å². The Kier molecular flexibility index (Phi) is 5.01. The summed E-state index contributed by atoms with van der Waals surface area (Å²) in [5, 5.41) is 0. The van der Waals surface area contributed by atoms with Gasteiger partial charge in [-0.2, -0.15) is 0 Å². The van der Waals surface area contributed by atoms with Crippen molar-refractivity contribution in [2.75, 3.05) is 6.61 Å². The molecule has 0 N–H and O–H groups in total. The number of hydrogen-bond acceptors (Lipinski definition) is 1. The molecular weight excluding hydrogens is 225 g/mol. The molecule has 0 atom stereocenters. The van der Waals surface area contributed by atoms with E-state index in [1.807, 2.05) is 30.3 Å². The second-order valence-corrected chi connectivity index (χ2v) is 2.25. The van der Waals surface area contributed by atoms with E-state index in [1.165, 1.54) is 5.56 Å². The molecule has 1 aliphatic heterocycles. The van der Waals surface area contributed by atoms with Crippen LogP contribution in [-0.4, -0.2) is 35.2 Å². The molecule has 2 rings (SSSR count). The second-order valence-electron chi connectivity index (χ2n) is 2.25. The zero-order valence-corrected chi connectivity index (χ0v) is 5.58. The first kappa shape index (κ1) is 11.5. The SMILES string of the molecule is C1=Cc2ccccc2OC1.[GeH4].[SiH4]. The molecule has 0 aliphatic carbocycles. The van der Waals surface area contributed by atoms with Crippen LogP contribution < -0.4 is 4.74 Å². The molecule has 0 unspecified atom stereocenters. The number of ether oxygens (including phenoxy) is 1. The van der Waals surface area contributed by atoms with Crippen LogP contribution in [0.1, 0.15) is 5.56 Å². The van der Waals surface area contributed by atoms with E-state index < -0.39 is 0 Å². The van der Waals surface area contributed by atoms with Crippen molar-refractivity contribution in [3.8, 4) is 5.75 Å². The Morgan fingerprint density at radius 2 is 1.92 bits per heavy atom. The summed E-state index contributed by atoms with van der Waals surface area (Å²) in [6.45, 7) is 0.705. The average molecular weight is 241 g/mol. The minimum absolute atomic E-state index is 0. The van der Waals surface area contributed by atoms with E-state index in [1.54, 1.807) is 0 Å². The van der Waals surface area contributed by atoms with Crippen LogP contribution in [0.4, 0.5) is 0 Å². The standard InChI is InChI=1S/C9H8O.GeH4.H4Si/c1-2-6-9-8(4-1)5-3-7-10-9;;/h1-6H,7H2;2*1H4. The monoisotopic (exact) mass is 242 g/mol. The molecule has 0 amide bonds. The molecule has 0 radical (unpaired) electrons. The summed E-state index contributed by atoms with van der Waals surface area (Å²) >= 11 is 0. The van der Waals surface area contributed by atoms with Crippen molar-refractivity contribution in [3.63, 3.8) is 0 Å². The number of rotatable bonds is 0. The number of hydrogen-bond donors (Lipinski definition) is 0. The van der Waals surface area contributed by atoms with E-state index in [-0.39, 0.29) is 28.6 Å². The maximum atomic E-state index is 5.34. The first-order valence-corrected chi connectivity index (χ1v) is 3.35. The third-order valence-electron chi connectivity index (χ3n) is 1.55. The van der Waals surface area contributed by atoms with Crippen LogP contribution in [0.3, 0.4) is 0 Å². The fraction of sp³-hybridized carbons (Fsp3) is 0.111. The number of para-hydroxylation sites is 1. The van der Waals surface area contributed by atoms with Gasteiger partial charge < -0.3 is 4.74 Å². The van der Waals surface area contributed by atoms with Crippen molar-refractivity contribution in [1.29, 1.82) is 0 Å². The molecule has 3 heteroatoms. The predicted molar refractivity (Wildman–Crippen MR) is 63.6 cm³/mol. The van der Waals surface area contributed by atoms with E-state index in [2.05, 4.69) is 6.08 Å². The van der Waals surface area contributed by atoms with E-state index in [4.69, 9.17) is 4.74 Å². The van der Waals surface area contributed by atoms with Gasteiger partial charge in [-0.25, -0.2) is 0 Å². The van der Waals surface area contributed by atoms with Gasteiger partial charge in [-0.1, -0.05) is 24.3 Å². The van der Waals surface area contributed by atoms with Crippen LogP contribution in [0.5, 0.6) is 5.75 Å². The van der Waals surface area contributed by atoms with Gasteiger partial charge in [-0.3, -0.25) is 0 Å². The minimum atomic E-state index is 0. The summed E-state index contributed by atoms with van der Waals surface area (Å²) in [5.41, 5.74) is 1.17. The quantitative estimate of drug-likeness (QED) is 0.540. The molecule has 1 aromatic carbocycles. The molecule has 12 heavy (non-hydrogen) atoms. The predicted octanol–water partition coefficient (Wildman–Crippen LogP) is -0.811. The summed E-state index contributed by atoms with van der Waals surface area (Å²) in [6.07, 6.45) is 4.10. The molecule has 66 valence electrons. The van der Waals surface area contributed by atoms with Gasteiger partial charge in [0.15, 0.2) is 0 Å². The van der Waals surface area contributed by atoms with Gasteiger partial charge in [0.1, 0.15) is 12.4 Å². The van der Waals surface area contributed by atoms with E-state index in [9.17, 15) is 0 Å².